The van der Waals surface area contributed by atoms with Gasteiger partial charge in [0.1, 0.15) is 0 Å². The number of carbonyl (C=O) groups is 1. The molecule has 0 N–H and O–H groups in total. The SMILES string of the molecule is O=C(/C=C/c1ccccc1)N1C[C@@H](c2ccc3c(c2)OCO3)[C@@H]2[C@H]1C1CCN2CC1. The zero-order valence-electron chi connectivity index (χ0n) is 16.9. The van der Waals surface area contributed by atoms with Crippen LogP contribution in [0.1, 0.15) is 29.9 Å². The third-order valence-corrected chi connectivity index (χ3v) is 7.32. The van der Waals surface area contributed by atoms with Gasteiger partial charge < -0.3 is 14.4 Å². The number of nitrogens with zero attached hydrogens (tertiary/aromatic N) is 2. The first-order valence-corrected chi connectivity index (χ1v) is 11.0. The molecule has 30 heavy (non-hydrogen) atoms. The molecule has 154 valence electrons. The van der Waals surface area contributed by atoms with E-state index in [0.717, 1.165) is 36.7 Å². The molecular formula is C25H26N2O3. The van der Waals surface area contributed by atoms with E-state index in [1.807, 2.05) is 42.5 Å². The molecule has 5 heterocycles. The monoisotopic (exact) mass is 402 g/mol. The van der Waals surface area contributed by atoms with E-state index in [1.54, 1.807) is 6.08 Å². The Morgan fingerprint density at radius 3 is 2.60 bits per heavy atom. The van der Waals surface area contributed by atoms with Gasteiger partial charge in [-0.1, -0.05) is 36.4 Å². The number of fused-ring (bicyclic) bond motifs is 3. The van der Waals surface area contributed by atoms with Crippen LogP contribution in [0.4, 0.5) is 0 Å². The van der Waals surface area contributed by atoms with E-state index in [1.165, 1.54) is 18.4 Å². The number of benzene rings is 2. The Balaban J connectivity index is 1.31. The fourth-order valence-electron chi connectivity index (χ4n) is 5.94. The maximum atomic E-state index is 13.3. The fraction of sp³-hybridized carbons (Fsp3) is 0.400. The second-order valence-electron chi connectivity index (χ2n) is 8.81. The minimum Gasteiger partial charge on any atom is -0.454 e. The van der Waals surface area contributed by atoms with Gasteiger partial charge in [-0.2, -0.15) is 0 Å². The van der Waals surface area contributed by atoms with Crippen molar-refractivity contribution in [1.82, 2.24) is 9.80 Å². The van der Waals surface area contributed by atoms with Gasteiger partial charge in [0.2, 0.25) is 12.7 Å². The van der Waals surface area contributed by atoms with Crippen LogP contribution in [0.25, 0.3) is 6.08 Å². The summed E-state index contributed by atoms with van der Waals surface area (Å²) in [6.45, 7) is 3.35. The average Bonchev–Trinajstić information content (AvgIpc) is 3.44. The minimum absolute atomic E-state index is 0.130. The van der Waals surface area contributed by atoms with Crippen LogP contribution in [0, 0.1) is 5.92 Å². The molecule has 2 aromatic carbocycles. The lowest BCUT2D eigenvalue weighted by Gasteiger charge is -2.51. The van der Waals surface area contributed by atoms with Crippen molar-refractivity contribution in [1.29, 1.82) is 0 Å². The molecule has 1 amide bonds. The molecule has 4 saturated heterocycles. The van der Waals surface area contributed by atoms with Gasteiger partial charge in [-0.15, -0.1) is 0 Å². The molecule has 5 aliphatic rings. The van der Waals surface area contributed by atoms with Crippen LogP contribution in [0.15, 0.2) is 54.6 Å². The third kappa shape index (κ3) is 2.91. The highest BCUT2D eigenvalue weighted by atomic mass is 16.7. The summed E-state index contributed by atoms with van der Waals surface area (Å²) >= 11 is 0. The maximum absolute atomic E-state index is 13.3. The highest BCUT2D eigenvalue weighted by molar-refractivity contribution is 5.92. The molecule has 2 aromatic rings. The van der Waals surface area contributed by atoms with Crippen molar-refractivity contribution in [2.24, 2.45) is 5.92 Å². The number of rotatable bonds is 3. The van der Waals surface area contributed by atoms with E-state index in [4.69, 9.17) is 9.47 Å². The molecule has 7 rings (SSSR count). The Morgan fingerprint density at radius 2 is 1.77 bits per heavy atom. The van der Waals surface area contributed by atoms with Crippen molar-refractivity contribution in [3.05, 3.63) is 65.7 Å². The van der Waals surface area contributed by atoms with Crippen LogP contribution < -0.4 is 9.47 Å². The molecule has 4 fully saturated rings. The van der Waals surface area contributed by atoms with Crippen LogP contribution in [-0.4, -0.2) is 54.2 Å². The van der Waals surface area contributed by atoms with E-state index in [-0.39, 0.29) is 5.91 Å². The Bertz CT molecular complexity index is 981. The summed E-state index contributed by atoms with van der Waals surface area (Å²) in [5, 5.41) is 0. The summed E-state index contributed by atoms with van der Waals surface area (Å²) in [7, 11) is 0. The first-order chi connectivity index (χ1) is 14.8. The van der Waals surface area contributed by atoms with Crippen molar-refractivity contribution < 1.29 is 14.3 Å². The normalized spacial score (nSPS) is 31.3. The lowest BCUT2D eigenvalue weighted by Crippen LogP contribution is -2.60. The summed E-state index contributed by atoms with van der Waals surface area (Å²) in [4.78, 5) is 18.1. The molecule has 5 nitrogen and oxygen atoms in total. The van der Waals surface area contributed by atoms with Gasteiger partial charge in [0.05, 0.1) is 6.04 Å². The van der Waals surface area contributed by atoms with Gasteiger partial charge in [0.15, 0.2) is 11.5 Å². The van der Waals surface area contributed by atoms with Crippen LogP contribution in [0.2, 0.25) is 0 Å². The average molecular weight is 402 g/mol. The lowest BCUT2D eigenvalue weighted by atomic mass is 9.75. The Kier molecular flexibility index (Phi) is 4.30. The molecule has 0 aliphatic carbocycles. The highest BCUT2D eigenvalue weighted by Gasteiger charge is 2.54. The fourth-order valence-corrected chi connectivity index (χ4v) is 5.94. The number of likely N-dealkylation sites (tertiary alicyclic amines) is 1. The molecule has 5 aliphatic heterocycles. The predicted molar refractivity (Wildman–Crippen MR) is 114 cm³/mol. The molecule has 0 spiro atoms. The zero-order valence-corrected chi connectivity index (χ0v) is 16.9. The summed E-state index contributed by atoms with van der Waals surface area (Å²) in [5.74, 6) is 2.69. The van der Waals surface area contributed by atoms with Crippen molar-refractivity contribution in [2.75, 3.05) is 26.4 Å². The first-order valence-electron chi connectivity index (χ1n) is 11.0. The zero-order chi connectivity index (χ0) is 20.1. The molecule has 5 heteroatoms. The summed E-state index contributed by atoms with van der Waals surface area (Å²) < 4.78 is 11.1. The van der Waals surface area contributed by atoms with Gasteiger partial charge >= 0.3 is 0 Å². The van der Waals surface area contributed by atoms with Gasteiger partial charge in [0, 0.05) is 24.6 Å². The second-order valence-corrected chi connectivity index (χ2v) is 8.81. The topological polar surface area (TPSA) is 42.0 Å². The van der Waals surface area contributed by atoms with Gasteiger partial charge in [0.25, 0.3) is 0 Å². The number of ether oxygens (including phenoxy) is 2. The Labute approximate surface area is 176 Å². The number of carbonyl (C=O) groups excluding carboxylic acids is 1. The molecule has 3 atom stereocenters. The summed E-state index contributed by atoms with van der Waals surface area (Å²) in [5.41, 5.74) is 2.31. The standard InChI is InChI=1S/C25H26N2O3/c28-23(9-6-17-4-2-1-3-5-17)27-15-20(19-7-8-21-22(14-19)30-16-29-21)25-24(27)18-10-12-26(25)13-11-18/h1-9,14,18,20,24-25H,10-13,15-16H2/b9-6+/t20-,24+,25+/m0/s1. The molecule has 0 saturated carbocycles. The van der Waals surface area contributed by atoms with E-state index < -0.39 is 0 Å². The van der Waals surface area contributed by atoms with Crippen molar-refractivity contribution in [3.63, 3.8) is 0 Å². The minimum atomic E-state index is 0.130. The smallest absolute Gasteiger partial charge is 0.246 e. The molecule has 0 unspecified atom stereocenters. The molecule has 0 aromatic heterocycles. The highest BCUT2D eigenvalue weighted by Crippen LogP contribution is 2.48. The first kappa shape index (κ1) is 18.0. The number of hydrogen-bond donors (Lipinski definition) is 0. The van der Waals surface area contributed by atoms with Crippen molar-refractivity contribution >= 4 is 12.0 Å². The largest absolute Gasteiger partial charge is 0.454 e. The van der Waals surface area contributed by atoms with Crippen LogP contribution >= 0.6 is 0 Å². The molecule has 2 bridgehead atoms. The van der Waals surface area contributed by atoms with Crippen molar-refractivity contribution in [2.45, 2.75) is 30.8 Å². The van der Waals surface area contributed by atoms with E-state index in [9.17, 15) is 4.79 Å². The quantitative estimate of drug-likeness (QED) is 0.737. The predicted octanol–water partition coefficient (Wildman–Crippen LogP) is 3.52. The van der Waals surface area contributed by atoms with E-state index in [2.05, 4.69) is 21.9 Å². The lowest BCUT2D eigenvalue weighted by molar-refractivity contribution is -0.130. The summed E-state index contributed by atoms with van der Waals surface area (Å²) in [6, 6.07) is 17.0. The van der Waals surface area contributed by atoms with Gasteiger partial charge in [-0.05, 0) is 61.2 Å². The maximum Gasteiger partial charge on any atom is 0.246 e. The van der Waals surface area contributed by atoms with E-state index >= 15 is 0 Å². The van der Waals surface area contributed by atoms with Gasteiger partial charge in [-0.25, -0.2) is 0 Å². The van der Waals surface area contributed by atoms with Crippen LogP contribution in [-0.2, 0) is 4.79 Å². The third-order valence-electron chi connectivity index (χ3n) is 7.32. The Hall–Kier alpha value is -2.79. The number of hydrogen-bond acceptors (Lipinski definition) is 4. The number of piperidine rings is 3. The van der Waals surface area contributed by atoms with Crippen molar-refractivity contribution in [3.8, 4) is 11.5 Å². The molecule has 0 radical (unpaired) electrons. The van der Waals surface area contributed by atoms with Crippen LogP contribution in [0.3, 0.4) is 0 Å². The molecular weight excluding hydrogens is 376 g/mol. The summed E-state index contributed by atoms with van der Waals surface area (Å²) in [6.07, 6.45) is 6.08. The van der Waals surface area contributed by atoms with Gasteiger partial charge in [-0.3, -0.25) is 9.69 Å². The van der Waals surface area contributed by atoms with Crippen LogP contribution in [0.5, 0.6) is 11.5 Å². The second kappa shape index (κ2) is 7.17. The van der Waals surface area contributed by atoms with E-state index in [0.29, 0.717) is 30.7 Å². The number of amides is 1. The Morgan fingerprint density at radius 1 is 0.967 bits per heavy atom.